The molecule has 2 aliphatic heterocycles. The van der Waals surface area contributed by atoms with E-state index >= 15 is 0 Å². The smallest absolute Gasteiger partial charge is 0.261 e. The van der Waals surface area contributed by atoms with Crippen LogP contribution in [0, 0.1) is 0 Å². The van der Waals surface area contributed by atoms with Crippen molar-refractivity contribution < 1.29 is 13.2 Å². The van der Waals surface area contributed by atoms with Crippen molar-refractivity contribution in [2.24, 2.45) is 0 Å². The van der Waals surface area contributed by atoms with Gasteiger partial charge in [-0.15, -0.1) is 0 Å². The lowest BCUT2D eigenvalue weighted by molar-refractivity contribution is -0.131. The number of hydrogen-bond acceptors (Lipinski definition) is 4. The molecule has 9 heteroatoms. The average Bonchev–Trinajstić information content (AvgIpc) is 3.29. The van der Waals surface area contributed by atoms with Gasteiger partial charge in [-0.1, -0.05) is 29.3 Å². The molecule has 2 aliphatic rings. The Morgan fingerprint density at radius 3 is 2.38 bits per heavy atom. The minimum Gasteiger partial charge on any atom is -0.373 e. The second-order valence-corrected chi connectivity index (χ2v) is 10.0. The molecule has 0 radical (unpaired) electrons. The highest BCUT2D eigenvalue weighted by atomic mass is 35.5. The molecule has 1 fully saturated rings. The van der Waals surface area contributed by atoms with Crippen LogP contribution in [0.4, 0.5) is 11.4 Å². The van der Waals surface area contributed by atoms with E-state index in [9.17, 15) is 13.2 Å². The third-order valence-corrected chi connectivity index (χ3v) is 7.19. The van der Waals surface area contributed by atoms with Gasteiger partial charge in [0.05, 0.1) is 16.5 Å². The maximum Gasteiger partial charge on any atom is 0.261 e. The lowest BCUT2D eigenvalue weighted by Gasteiger charge is -2.20. The predicted molar refractivity (Wildman–Crippen MR) is 116 cm³/mol. The molecule has 0 bridgehead atoms. The third-order valence-electron chi connectivity index (χ3n) is 5.39. The zero-order valence-electron chi connectivity index (χ0n) is 15.9. The number of hydrogen-bond donors (Lipinski definition) is 1. The molecule has 0 saturated carbocycles. The number of carbonyl (C=O) groups excluding carboxylic acids is 1. The van der Waals surface area contributed by atoms with E-state index in [1.54, 1.807) is 12.1 Å². The van der Waals surface area contributed by atoms with Crippen molar-refractivity contribution in [1.29, 1.82) is 0 Å². The normalized spacial score (nSPS) is 18.8. The van der Waals surface area contributed by atoms with Gasteiger partial charge in [-0.25, -0.2) is 8.42 Å². The summed E-state index contributed by atoms with van der Waals surface area (Å²) in [6.07, 6.45) is 2.10. The van der Waals surface area contributed by atoms with Crippen LogP contribution in [0.15, 0.2) is 41.3 Å². The molecule has 1 atom stereocenters. The van der Waals surface area contributed by atoms with Gasteiger partial charge in [0.15, 0.2) is 0 Å². The van der Waals surface area contributed by atoms with Crippen LogP contribution in [0.3, 0.4) is 0 Å². The van der Waals surface area contributed by atoms with Gasteiger partial charge in [0.2, 0.25) is 5.91 Å². The van der Waals surface area contributed by atoms with Gasteiger partial charge < -0.3 is 9.80 Å². The van der Waals surface area contributed by atoms with Crippen LogP contribution in [-0.2, 0) is 14.8 Å². The molecular weight excluding hydrogens is 433 g/mol. The number of halogens is 2. The van der Waals surface area contributed by atoms with Crippen LogP contribution in [0.2, 0.25) is 10.0 Å². The average molecular weight is 454 g/mol. The van der Waals surface area contributed by atoms with E-state index in [0.29, 0.717) is 12.2 Å². The van der Waals surface area contributed by atoms with Crippen LogP contribution in [-0.4, -0.2) is 45.9 Å². The number of benzene rings is 2. The molecule has 1 unspecified atom stereocenters. The number of rotatable bonds is 4. The summed E-state index contributed by atoms with van der Waals surface area (Å²) in [5.41, 5.74) is 2.20. The van der Waals surface area contributed by atoms with E-state index < -0.39 is 10.0 Å². The highest BCUT2D eigenvalue weighted by Crippen LogP contribution is 2.39. The van der Waals surface area contributed by atoms with Crippen LogP contribution in [0.5, 0.6) is 0 Å². The van der Waals surface area contributed by atoms with Crippen LogP contribution in [0.25, 0.3) is 0 Å². The number of likely N-dealkylation sites (tertiary alicyclic amines) is 1. The molecule has 29 heavy (non-hydrogen) atoms. The van der Waals surface area contributed by atoms with Crippen molar-refractivity contribution in [2.75, 3.05) is 36.3 Å². The molecule has 1 N–H and O–H groups in total. The molecule has 1 saturated heterocycles. The number of carbonyl (C=O) groups is 1. The molecule has 2 heterocycles. The summed E-state index contributed by atoms with van der Waals surface area (Å²) < 4.78 is 28.0. The Kier molecular flexibility index (Phi) is 5.40. The van der Waals surface area contributed by atoms with E-state index in [1.165, 1.54) is 18.2 Å². The number of nitrogens with one attached hydrogen (secondary N) is 1. The zero-order valence-corrected chi connectivity index (χ0v) is 18.2. The lowest BCUT2D eigenvalue weighted by Crippen LogP contribution is -2.34. The largest absolute Gasteiger partial charge is 0.373 e. The topological polar surface area (TPSA) is 69.7 Å². The van der Waals surface area contributed by atoms with Crippen LogP contribution in [0.1, 0.15) is 24.3 Å². The van der Waals surface area contributed by atoms with E-state index in [1.807, 2.05) is 22.9 Å². The molecule has 4 rings (SSSR count). The molecule has 1 amide bonds. The highest BCUT2D eigenvalue weighted by molar-refractivity contribution is 7.92. The molecule has 0 spiro atoms. The van der Waals surface area contributed by atoms with Gasteiger partial charge in [-0.3, -0.25) is 9.52 Å². The van der Waals surface area contributed by atoms with Gasteiger partial charge in [-0.05, 0) is 48.7 Å². The minimum absolute atomic E-state index is 0.00839. The summed E-state index contributed by atoms with van der Waals surface area (Å²) in [7, 11) is -1.94. The maximum absolute atomic E-state index is 12.9. The first kappa shape index (κ1) is 20.3. The Hall–Kier alpha value is -1.96. The van der Waals surface area contributed by atoms with Crippen LogP contribution >= 0.6 is 23.2 Å². The van der Waals surface area contributed by atoms with Crippen molar-refractivity contribution in [3.8, 4) is 0 Å². The first-order valence-corrected chi connectivity index (χ1v) is 11.6. The summed E-state index contributed by atoms with van der Waals surface area (Å²) in [6, 6.07) is 9.45. The van der Waals surface area contributed by atoms with Crippen molar-refractivity contribution >= 4 is 50.5 Å². The molecule has 0 aromatic heterocycles. The van der Waals surface area contributed by atoms with Gasteiger partial charge in [0.25, 0.3) is 10.0 Å². The Morgan fingerprint density at radius 2 is 1.72 bits per heavy atom. The quantitative estimate of drug-likeness (QED) is 0.760. The summed E-state index contributed by atoms with van der Waals surface area (Å²) in [4.78, 5) is 16.8. The fraction of sp³-hybridized carbons (Fsp3) is 0.350. The second kappa shape index (κ2) is 7.70. The monoisotopic (exact) mass is 453 g/mol. The molecule has 6 nitrogen and oxygen atoms in total. The summed E-state index contributed by atoms with van der Waals surface area (Å²) in [6.45, 7) is 2.22. The maximum atomic E-state index is 12.9. The molecule has 2 aromatic rings. The number of amides is 1. The third kappa shape index (κ3) is 4.04. The van der Waals surface area contributed by atoms with E-state index in [0.717, 1.165) is 37.2 Å². The van der Waals surface area contributed by atoms with Gasteiger partial charge >= 0.3 is 0 Å². The Balaban J connectivity index is 1.60. The number of likely N-dealkylation sites (N-methyl/N-ethyl adjacent to an activating group) is 1. The van der Waals surface area contributed by atoms with Crippen molar-refractivity contribution in [2.45, 2.75) is 23.7 Å². The first-order valence-electron chi connectivity index (χ1n) is 9.37. The van der Waals surface area contributed by atoms with Gasteiger partial charge in [0.1, 0.15) is 0 Å². The van der Waals surface area contributed by atoms with E-state index in [-0.39, 0.29) is 26.8 Å². The summed E-state index contributed by atoms with van der Waals surface area (Å²) in [5.74, 6) is -0.0690. The molecule has 0 aliphatic carbocycles. The first-order chi connectivity index (χ1) is 13.7. The molecule has 2 aromatic carbocycles. The Morgan fingerprint density at radius 1 is 1.07 bits per heavy atom. The fourth-order valence-corrected chi connectivity index (χ4v) is 5.74. The zero-order chi connectivity index (χ0) is 20.8. The second-order valence-electron chi connectivity index (χ2n) is 7.45. The van der Waals surface area contributed by atoms with Crippen molar-refractivity contribution in [1.82, 2.24) is 4.90 Å². The number of fused-ring (bicyclic) bond motifs is 1. The summed E-state index contributed by atoms with van der Waals surface area (Å²) >= 11 is 11.9. The van der Waals surface area contributed by atoms with Crippen LogP contribution < -0.4 is 9.62 Å². The Labute approximate surface area is 180 Å². The van der Waals surface area contributed by atoms with Crippen molar-refractivity contribution in [3.63, 3.8) is 0 Å². The SMILES string of the molecule is CN1CC(C(=O)N2CCCC2)c2ccc(NS(=O)(=O)c3cc(Cl)cc(Cl)c3)cc21. The number of anilines is 2. The standard InChI is InChI=1S/C20H21Cl2N3O3S/c1-24-12-18(20(26)25-6-2-3-7-25)17-5-4-15(11-19(17)24)23-29(27,28)16-9-13(21)8-14(22)10-16/h4-5,8-11,18,23H,2-3,6-7,12H2,1H3. The van der Waals surface area contributed by atoms with E-state index in [4.69, 9.17) is 23.2 Å². The molecule has 154 valence electrons. The van der Waals surface area contributed by atoms with Crippen molar-refractivity contribution in [3.05, 3.63) is 52.0 Å². The number of sulfonamides is 1. The number of nitrogens with zero attached hydrogens (tertiary/aromatic N) is 2. The van der Waals surface area contributed by atoms with Gasteiger partial charge in [0, 0.05) is 42.4 Å². The Bertz CT molecular complexity index is 1050. The minimum atomic E-state index is -3.85. The predicted octanol–water partition coefficient (Wildman–Crippen LogP) is 3.95. The summed E-state index contributed by atoms with van der Waals surface area (Å²) in [5, 5.41) is 0.490. The lowest BCUT2D eigenvalue weighted by atomic mass is 9.99. The fourth-order valence-electron chi connectivity index (χ4n) is 3.97. The van der Waals surface area contributed by atoms with E-state index in [2.05, 4.69) is 4.72 Å². The van der Waals surface area contributed by atoms with Gasteiger partial charge in [-0.2, -0.15) is 0 Å². The highest BCUT2D eigenvalue weighted by Gasteiger charge is 2.35. The molecular formula is C20H21Cl2N3O3S.